The van der Waals surface area contributed by atoms with Crippen LogP contribution in [0.5, 0.6) is 0 Å². The molecule has 1 heterocycles. The lowest BCUT2D eigenvalue weighted by Crippen LogP contribution is -2.20. The molecule has 3 N–H and O–H groups in total. The summed E-state index contributed by atoms with van der Waals surface area (Å²) in [5.41, 5.74) is 0.519. The largest absolute Gasteiger partial charge is 0.365 e. The highest BCUT2D eigenvalue weighted by molar-refractivity contribution is 7.12. The third-order valence-corrected chi connectivity index (χ3v) is 4.31. The first-order chi connectivity index (χ1) is 14.9. The predicted octanol–water partition coefficient (Wildman–Crippen LogP) is 4.32. The third kappa shape index (κ3) is 3.28. The van der Waals surface area contributed by atoms with Crippen molar-refractivity contribution in [2.75, 3.05) is 5.32 Å². The molecule has 138 valence electrons. The van der Waals surface area contributed by atoms with Crippen LogP contribution in [0.4, 0.5) is 23.2 Å². The van der Waals surface area contributed by atoms with Crippen molar-refractivity contribution in [2.45, 2.75) is 0 Å². The molecule has 3 rings (SSSR count). The molecule has 9 heteroatoms. The summed E-state index contributed by atoms with van der Waals surface area (Å²) < 4.78 is 97.0. The van der Waals surface area contributed by atoms with Crippen molar-refractivity contribution in [3.05, 3.63) is 75.4 Å². The van der Waals surface area contributed by atoms with E-state index < -0.39 is 87.7 Å². The number of benzene rings is 2. The van der Waals surface area contributed by atoms with E-state index in [2.05, 4.69) is 0 Å². The summed E-state index contributed by atoms with van der Waals surface area (Å²) in [4.78, 5) is 23.4. The average Bonchev–Trinajstić information content (AvgIpc) is 3.25. The fourth-order valence-electron chi connectivity index (χ4n) is 2.20. The molecular formula is C18H10F4N2O2S. The fraction of sp³-hybridized carbons (Fsp3) is 0. The van der Waals surface area contributed by atoms with Gasteiger partial charge in [0, 0.05) is 0 Å². The third-order valence-electron chi connectivity index (χ3n) is 3.39. The van der Waals surface area contributed by atoms with Crippen molar-refractivity contribution in [2.24, 2.45) is 5.73 Å². The summed E-state index contributed by atoms with van der Waals surface area (Å²) in [5.74, 6) is -10.7. The molecule has 0 saturated heterocycles. The van der Waals surface area contributed by atoms with Crippen molar-refractivity contribution in [3.63, 3.8) is 0 Å². The van der Waals surface area contributed by atoms with Gasteiger partial charge in [-0.2, -0.15) is 0 Å². The molecule has 0 unspecified atom stereocenters. The molecule has 0 atom stereocenters. The van der Waals surface area contributed by atoms with Gasteiger partial charge in [-0.3, -0.25) is 9.59 Å². The maximum atomic E-state index is 14.8. The molecule has 0 aliphatic carbocycles. The van der Waals surface area contributed by atoms with Gasteiger partial charge in [-0.05, 0) is 17.0 Å². The Labute approximate surface area is 161 Å². The number of rotatable bonds is 4. The summed E-state index contributed by atoms with van der Waals surface area (Å²) in [5, 5.41) is 2.91. The minimum absolute atomic E-state index is 0.264. The molecule has 3 aromatic rings. The number of carbonyl (C=O) groups excluding carboxylic acids is 2. The number of thiophene rings is 1. The van der Waals surface area contributed by atoms with E-state index in [9.17, 15) is 27.2 Å². The standard InChI is InChI=1S/C18H10F4N2O2S/c19-11-10(8-4-2-1-3-5-8)12(20)14(22)15(13(11)21)24-18(26)9-6-7-27-16(9)17(23)25/h1-7H,(H2,23,25)(H,24,26)/i1D,2D,3D,4D,5D. The Morgan fingerprint density at radius 2 is 1.59 bits per heavy atom. The summed E-state index contributed by atoms with van der Waals surface area (Å²) in [6, 6.07) is -3.91. The van der Waals surface area contributed by atoms with E-state index in [1.54, 1.807) is 5.32 Å². The molecule has 1 aromatic heterocycles. The van der Waals surface area contributed by atoms with Crippen molar-refractivity contribution < 1.29 is 34.0 Å². The Hall–Kier alpha value is -3.20. The molecule has 27 heavy (non-hydrogen) atoms. The molecule has 2 aromatic carbocycles. The lowest BCUT2D eigenvalue weighted by Gasteiger charge is -2.13. The van der Waals surface area contributed by atoms with Crippen LogP contribution in [-0.4, -0.2) is 11.8 Å². The van der Waals surface area contributed by atoms with Crippen LogP contribution in [0.25, 0.3) is 11.1 Å². The van der Waals surface area contributed by atoms with Gasteiger partial charge in [0.25, 0.3) is 11.8 Å². The number of hydrogen-bond donors (Lipinski definition) is 2. The van der Waals surface area contributed by atoms with Gasteiger partial charge < -0.3 is 11.1 Å². The van der Waals surface area contributed by atoms with Gasteiger partial charge in [-0.25, -0.2) is 17.6 Å². The highest BCUT2D eigenvalue weighted by Crippen LogP contribution is 2.34. The number of amides is 2. The Bertz CT molecular complexity index is 1260. The van der Waals surface area contributed by atoms with E-state index in [1.807, 2.05) is 0 Å². The molecule has 0 aliphatic heterocycles. The molecule has 0 spiro atoms. The zero-order chi connectivity index (χ0) is 24.1. The van der Waals surface area contributed by atoms with Crippen molar-refractivity contribution in [1.82, 2.24) is 0 Å². The van der Waals surface area contributed by atoms with Crippen molar-refractivity contribution in [1.29, 1.82) is 0 Å². The quantitative estimate of drug-likeness (QED) is 0.507. The van der Waals surface area contributed by atoms with Crippen LogP contribution in [0.15, 0.2) is 41.7 Å². The Morgan fingerprint density at radius 3 is 2.15 bits per heavy atom. The summed E-state index contributed by atoms with van der Waals surface area (Å²) >= 11 is 0.754. The second-order valence-corrected chi connectivity index (χ2v) is 5.90. The molecule has 0 aliphatic rings. The van der Waals surface area contributed by atoms with Gasteiger partial charge in [0.1, 0.15) is 10.6 Å². The van der Waals surface area contributed by atoms with Gasteiger partial charge in [0.15, 0.2) is 23.3 Å². The number of carbonyl (C=O) groups is 2. The van der Waals surface area contributed by atoms with E-state index in [4.69, 9.17) is 12.6 Å². The smallest absolute Gasteiger partial charge is 0.259 e. The number of nitrogens with one attached hydrogen (secondary N) is 1. The normalized spacial score (nSPS) is 13.3. The van der Waals surface area contributed by atoms with Crippen LogP contribution < -0.4 is 11.1 Å². The topological polar surface area (TPSA) is 72.2 Å². The second kappa shape index (κ2) is 7.20. The van der Waals surface area contributed by atoms with E-state index in [0.29, 0.717) is 0 Å². The zero-order valence-corrected chi connectivity index (χ0v) is 13.8. The summed E-state index contributed by atoms with van der Waals surface area (Å²) in [7, 11) is 0. The molecule has 0 saturated carbocycles. The highest BCUT2D eigenvalue weighted by atomic mass is 32.1. The van der Waals surface area contributed by atoms with E-state index >= 15 is 0 Å². The molecular weight excluding hydrogens is 384 g/mol. The maximum Gasteiger partial charge on any atom is 0.259 e. The first kappa shape index (κ1) is 13.0. The van der Waals surface area contributed by atoms with Gasteiger partial charge in [-0.1, -0.05) is 30.2 Å². The Kier molecular flexibility index (Phi) is 3.48. The Morgan fingerprint density at radius 1 is 1.00 bits per heavy atom. The van der Waals surface area contributed by atoms with Gasteiger partial charge in [0.05, 0.1) is 18.0 Å². The Balaban J connectivity index is 2.20. The summed E-state index contributed by atoms with van der Waals surface area (Å²) in [6.07, 6.45) is 0. The average molecular weight is 399 g/mol. The second-order valence-electron chi connectivity index (χ2n) is 4.99. The molecule has 0 fully saturated rings. The molecule has 0 radical (unpaired) electrons. The zero-order valence-electron chi connectivity index (χ0n) is 18.0. The number of primary amides is 1. The van der Waals surface area contributed by atoms with Crippen LogP contribution in [0.1, 0.15) is 26.9 Å². The first-order valence-corrected chi connectivity index (χ1v) is 7.89. The van der Waals surface area contributed by atoms with Gasteiger partial charge in [0.2, 0.25) is 0 Å². The molecule has 0 bridgehead atoms. The molecule has 2 amide bonds. The highest BCUT2D eigenvalue weighted by Gasteiger charge is 2.28. The number of hydrogen-bond acceptors (Lipinski definition) is 3. The summed E-state index contributed by atoms with van der Waals surface area (Å²) in [6.45, 7) is 0. The van der Waals surface area contributed by atoms with Crippen LogP contribution in [0.3, 0.4) is 0 Å². The number of anilines is 1. The SMILES string of the molecule is [2H]c1c([2H])c([2H])c(-c2c(F)c(F)c(NC(=O)c3ccsc3C(N)=O)c(F)c2F)c([2H])c1[2H]. The lowest BCUT2D eigenvalue weighted by molar-refractivity contribution is 0.0980. The van der Waals surface area contributed by atoms with E-state index in [0.717, 1.165) is 17.4 Å². The van der Waals surface area contributed by atoms with Crippen LogP contribution in [0, 0.1) is 23.3 Å². The lowest BCUT2D eigenvalue weighted by atomic mass is 10.0. The van der Waals surface area contributed by atoms with Crippen LogP contribution >= 0.6 is 11.3 Å². The number of halogens is 4. The van der Waals surface area contributed by atoms with E-state index in [-0.39, 0.29) is 4.88 Å². The minimum Gasteiger partial charge on any atom is -0.365 e. The fourth-order valence-corrected chi connectivity index (χ4v) is 2.94. The minimum atomic E-state index is -2.10. The van der Waals surface area contributed by atoms with Gasteiger partial charge in [-0.15, -0.1) is 11.3 Å². The van der Waals surface area contributed by atoms with Crippen molar-refractivity contribution >= 4 is 28.8 Å². The van der Waals surface area contributed by atoms with Crippen molar-refractivity contribution in [3.8, 4) is 11.1 Å². The monoisotopic (exact) mass is 399 g/mol. The molecule has 4 nitrogen and oxygen atoms in total. The van der Waals surface area contributed by atoms with Crippen LogP contribution in [-0.2, 0) is 0 Å². The maximum absolute atomic E-state index is 14.8. The first-order valence-electron chi connectivity index (χ1n) is 9.51. The van der Waals surface area contributed by atoms with Crippen LogP contribution in [0.2, 0.25) is 0 Å². The predicted molar refractivity (Wildman–Crippen MR) is 92.5 cm³/mol. The van der Waals surface area contributed by atoms with Gasteiger partial charge >= 0.3 is 0 Å². The van der Waals surface area contributed by atoms with E-state index in [1.165, 1.54) is 5.38 Å². The number of nitrogens with two attached hydrogens (primary N) is 1.